The Morgan fingerprint density at radius 2 is 1.44 bits per heavy atom. The number of aryl methyl sites for hydroxylation is 2. The summed E-state index contributed by atoms with van der Waals surface area (Å²) in [6.07, 6.45) is 4.94. The van der Waals surface area contributed by atoms with Crippen LogP contribution in [0.1, 0.15) is 69.1 Å². The average molecular weight is 471 g/mol. The van der Waals surface area contributed by atoms with Crippen molar-refractivity contribution in [1.82, 2.24) is 9.97 Å². The number of nitrogens with zero attached hydrogens (tertiary/aromatic N) is 2. The number of aromatic nitrogens is 2. The number of alkyl halides is 3. The molecule has 3 rings (SSSR count). The topological polar surface area (TPSA) is 49.8 Å². The maximum Gasteiger partial charge on any atom is 0.421 e. The maximum absolute atomic E-state index is 13.6. The summed E-state index contributed by atoms with van der Waals surface area (Å²) in [5.74, 6) is -0.166. The van der Waals surface area contributed by atoms with Crippen LogP contribution in [0.2, 0.25) is 0 Å². The van der Waals surface area contributed by atoms with E-state index in [1.807, 2.05) is 42.5 Å². The molecule has 0 fully saturated rings. The lowest BCUT2D eigenvalue weighted by atomic mass is 10.1. The van der Waals surface area contributed by atoms with Gasteiger partial charge in [-0.1, -0.05) is 63.8 Å². The molecule has 2 N–H and O–H groups in total. The lowest BCUT2D eigenvalue weighted by molar-refractivity contribution is -0.137. The molecule has 0 bridgehead atoms. The molecule has 0 atom stereocenters. The van der Waals surface area contributed by atoms with Crippen LogP contribution in [-0.2, 0) is 19.0 Å². The van der Waals surface area contributed by atoms with Crippen molar-refractivity contribution in [1.29, 1.82) is 0 Å². The zero-order chi connectivity index (χ0) is 24.4. The summed E-state index contributed by atoms with van der Waals surface area (Å²) in [5.41, 5.74) is 2.70. The maximum atomic E-state index is 13.6. The molecule has 0 aliphatic carbocycles. The molecular formula is C27H33F3N4. The summed E-state index contributed by atoms with van der Waals surface area (Å²) in [6.45, 7) is 4.31. The van der Waals surface area contributed by atoms with E-state index in [1.54, 1.807) is 6.07 Å². The fourth-order valence-corrected chi connectivity index (χ4v) is 3.73. The zero-order valence-electron chi connectivity index (χ0n) is 19.9. The van der Waals surface area contributed by atoms with E-state index in [1.165, 1.54) is 18.4 Å². The second-order valence-electron chi connectivity index (χ2n) is 8.52. The highest BCUT2D eigenvalue weighted by Gasteiger charge is 2.35. The monoisotopic (exact) mass is 470 g/mol. The van der Waals surface area contributed by atoms with Crippen LogP contribution in [0.5, 0.6) is 0 Å². The number of hydrogen-bond acceptors (Lipinski definition) is 4. The Morgan fingerprint density at radius 3 is 2.09 bits per heavy atom. The van der Waals surface area contributed by atoms with Crippen LogP contribution >= 0.6 is 0 Å². The van der Waals surface area contributed by atoms with E-state index < -0.39 is 11.7 Å². The van der Waals surface area contributed by atoms with Crippen molar-refractivity contribution in [2.24, 2.45) is 0 Å². The molecule has 0 saturated carbocycles. The van der Waals surface area contributed by atoms with Gasteiger partial charge in [-0.2, -0.15) is 18.2 Å². The molecule has 0 aliphatic rings. The first-order valence-electron chi connectivity index (χ1n) is 12.0. The Labute approximate surface area is 200 Å². The molecular weight excluding hydrogens is 437 g/mol. The standard InChI is InChI=1S/C27H33F3N4/c1-3-5-7-10-20-14-16-22(17-15-20)33-26-31-19-24(27(28,29)30)25(34-26)32-23-13-9-12-21(18-23)11-8-6-4-2/h9,12-19H,3-8,10-11H2,1-2H3,(H2,31,32,33,34). The molecule has 0 radical (unpaired) electrons. The van der Waals surface area contributed by atoms with Crippen molar-refractivity contribution in [2.75, 3.05) is 10.6 Å². The minimum absolute atomic E-state index is 0.105. The minimum atomic E-state index is -4.57. The predicted molar refractivity (Wildman–Crippen MR) is 133 cm³/mol. The molecule has 0 spiro atoms. The highest BCUT2D eigenvalue weighted by Crippen LogP contribution is 2.35. The van der Waals surface area contributed by atoms with Gasteiger partial charge < -0.3 is 10.6 Å². The predicted octanol–water partition coefficient (Wildman–Crippen LogP) is 8.45. The van der Waals surface area contributed by atoms with Crippen molar-refractivity contribution < 1.29 is 13.2 Å². The van der Waals surface area contributed by atoms with Crippen LogP contribution in [0.25, 0.3) is 0 Å². The summed E-state index contributed by atoms with van der Waals surface area (Å²) in [4.78, 5) is 8.08. The fraction of sp³-hybridized carbons (Fsp3) is 0.407. The van der Waals surface area contributed by atoms with Crippen LogP contribution in [0, 0.1) is 0 Å². The first-order valence-corrected chi connectivity index (χ1v) is 12.0. The van der Waals surface area contributed by atoms with Crippen LogP contribution in [-0.4, -0.2) is 9.97 Å². The molecule has 1 heterocycles. The highest BCUT2D eigenvalue weighted by atomic mass is 19.4. The number of rotatable bonds is 12. The van der Waals surface area contributed by atoms with Crippen LogP contribution in [0.4, 0.5) is 36.3 Å². The second kappa shape index (κ2) is 12.4. The van der Waals surface area contributed by atoms with Crippen molar-refractivity contribution in [2.45, 2.75) is 71.4 Å². The van der Waals surface area contributed by atoms with E-state index in [0.717, 1.165) is 56.0 Å². The number of hydrogen-bond donors (Lipinski definition) is 2. The van der Waals surface area contributed by atoms with Gasteiger partial charge in [0.25, 0.3) is 0 Å². The summed E-state index contributed by atoms with van der Waals surface area (Å²) >= 11 is 0. The third-order valence-corrected chi connectivity index (χ3v) is 5.63. The van der Waals surface area contributed by atoms with Gasteiger partial charge in [0, 0.05) is 17.6 Å². The normalized spacial score (nSPS) is 11.4. The first kappa shape index (κ1) is 25.5. The molecule has 1 aromatic heterocycles. The van der Waals surface area contributed by atoms with E-state index in [2.05, 4.69) is 34.4 Å². The van der Waals surface area contributed by atoms with E-state index in [9.17, 15) is 13.2 Å². The quantitative estimate of drug-likeness (QED) is 0.261. The molecule has 7 heteroatoms. The van der Waals surface area contributed by atoms with Gasteiger partial charge in [0.2, 0.25) is 5.95 Å². The lowest BCUT2D eigenvalue weighted by Crippen LogP contribution is -2.12. The van der Waals surface area contributed by atoms with Gasteiger partial charge in [-0.05, 0) is 61.1 Å². The molecule has 4 nitrogen and oxygen atoms in total. The Bertz CT molecular complexity index is 1030. The average Bonchev–Trinajstić information content (AvgIpc) is 2.80. The first-order chi connectivity index (χ1) is 16.4. The van der Waals surface area contributed by atoms with Crippen LogP contribution < -0.4 is 10.6 Å². The van der Waals surface area contributed by atoms with E-state index in [4.69, 9.17) is 0 Å². The third-order valence-electron chi connectivity index (χ3n) is 5.63. The van der Waals surface area contributed by atoms with Gasteiger partial charge in [0.1, 0.15) is 11.4 Å². The lowest BCUT2D eigenvalue weighted by Gasteiger charge is -2.15. The zero-order valence-corrected chi connectivity index (χ0v) is 19.9. The van der Waals surface area contributed by atoms with Crippen molar-refractivity contribution in [3.8, 4) is 0 Å². The minimum Gasteiger partial charge on any atom is -0.340 e. The summed E-state index contributed by atoms with van der Waals surface area (Å²) < 4.78 is 40.9. The SMILES string of the molecule is CCCCCc1ccc(Nc2ncc(C(F)(F)F)c(Nc3cccc(CCCCC)c3)n2)cc1. The van der Waals surface area contributed by atoms with Crippen LogP contribution in [0.3, 0.4) is 0 Å². The number of benzene rings is 2. The van der Waals surface area contributed by atoms with Gasteiger partial charge >= 0.3 is 6.18 Å². The fourth-order valence-electron chi connectivity index (χ4n) is 3.73. The molecule has 34 heavy (non-hydrogen) atoms. The second-order valence-corrected chi connectivity index (χ2v) is 8.52. The molecule has 2 aromatic carbocycles. The smallest absolute Gasteiger partial charge is 0.340 e. The Hall–Kier alpha value is -3.09. The third kappa shape index (κ3) is 7.75. The molecule has 0 amide bonds. The van der Waals surface area contributed by atoms with Crippen LogP contribution in [0.15, 0.2) is 54.7 Å². The van der Waals surface area contributed by atoms with Gasteiger partial charge in [-0.15, -0.1) is 0 Å². The summed E-state index contributed by atoms with van der Waals surface area (Å²) in [7, 11) is 0. The highest BCUT2D eigenvalue weighted by molar-refractivity contribution is 5.63. The van der Waals surface area contributed by atoms with Gasteiger partial charge in [-0.25, -0.2) is 4.98 Å². The number of unbranched alkanes of at least 4 members (excludes halogenated alkanes) is 4. The Kier molecular flexibility index (Phi) is 9.31. The summed E-state index contributed by atoms with van der Waals surface area (Å²) in [6, 6.07) is 15.3. The van der Waals surface area contributed by atoms with Gasteiger partial charge in [0.15, 0.2) is 0 Å². The number of nitrogens with one attached hydrogen (secondary N) is 2. The number of halogens is 3. The molecule has 0 saturated heterocycles. The molecule has 0 aliphatic heterocycles. The van der Waals surface area contributed by atoms with E-state index >= 15 is 0 Å². The molecule has 182 valence electrons. The van der Waals surface area contributed by atoms with Crippen molar-refractivity contribution in [3.05, 3.63) is 71.4 Å². The van der Waals surface area contributed by atoms with Gasteiger partial charge in [0.05, 0.1) is 0 Å². The molecule has 3 aromatic rings. The summed E-state index contributed by atoms with van der Waals surface area (Å²) in [5, 5.41) is 5.88. The van der Waals surface area contributed by atoms with Crippen molar-refractivity contribution >= 4 is 23.1 Å². The Morgan fingerprint density at radius 1 is 0.765 bits per heavy atom. The van der Waals surface area contributed by atoms with Crippen molar-refractivity contribution in [3.63, 3.8) is 0 Å². The Balaban J connectivity index is 1.77. The largest absolute Gasteiger partial charge is 0.421 e. The van der Waals surface area contributed by atoms with Gasteiger partial charge in [-0.3, -0.25) is 0 Å². The van der Waals surface area contributed by atoms with E-state index in [-0.39, 0.29) is 11.8 Å². The number of anilines is 4. The molecule has 0 unspecified atom stereocenters. The van der Waals surface area contributed by atoms with E-state index in [0.29, 0.717) is 5.69 Å².